The topological polar surface area (TPSA) is 54.2 Å². The van der Waals surface area contributed by atoms with E-state index >= 15 is 0 Å². The molecule has 1 aromatic heterocycles. The molecule has 0 aliphatic heterocycles. The summed E-state index contributed by atoms with van der Waals surface area (Å²) in [4.78, 5) is 2.36. The Hall–Kier alpha value is -1.88. The van der Waals surface area contributed by atoms with Gasteiger partial charge < -0.3 is 5.11 Å². The van der Waals surface area contributed by atoms with Crippen LogP contribution >= 0.6 is 0 Å². The average molecular weight is 258 g/mol. The second-order valence-corrected chi connectivity index (χ2v) is 4.90. The Morgan fingerprint density at radius 3 is 2.68 bits per heavy atom. The normalized spacial score (nSPS) is 15.1. The van der Waals surface area contributed by atoms with Gasteiger partial charge in [0.1, 0.15) is 5.69 Å². The highest BCUT2D eigenvalue weighted by Gasteiger charge is 2.29. The quantitative estimate of drug-likeness (QED) is 0.890. The second-order valence-electron chi connectivity index (χ2n) is 4.90. The van der Waals surface area contributed by atoms with Crippen LogP contribution in [-0.4, -0.2) is 37.6 Å². The van der Waals surface area contributed by atoms with Crippen LogP contribution in [0.4, 0.5) is 0 Å². The van der Waals surface area contributed by atoms with E-state index in [4.69, 9.17) is 0 Å². The Morgan fingerprint density at radius 2 is 2.05 bits per heavy atom. The molecule has 1 aliphatic rings. The number of hydrogen-bond acceptors (Lipinski definition) is 4. The van der Waals surface area contributed by atoms with Crippen molar-refractivity contribution >= 4 is 0 Å². The third kappa shape index (κ3) is 2.46. The molecule has 0 amide bonds. The maximum Gasteiger partial charge on any atom is 0.256 e. The average Bonchev–Trinajstić information content (AvgIpc) is 3.22. The first-order valence-corrected chi connectivity index (χ1v) is 6.72. The lowest BCUT2D eigenvalue weighted by Gasteiger charge is -2.19. The standard InChI is InChI=1S/C14H18N4O/c1-2-17(11-8-9-11)10-13-14(19)15-16-18(13)12-6-4-3-5-7-12/h3-7,11,19H,2,8-10H2,1H3. The lowest BCUT2D eigenvalue weighted by atomic mass is 10.3. The van der Waals surface area contributed by atoms with E-state index in [-0.39, 0.29) is 5.88 Å². The molecule has 1 heterocycles. The van der Waals surface area contributed by atoms with Crippen molar-refractivity contribution in [3.8, 4) is 11.6 Å². The molecule has 0 radical (unpaired) electrons. The minimum Gasteiger partial charge on any atom is -0.491 e. The summed E-state index contributed by atoms with van der Waals surface area (Å²) >= 11 is 0. The van der Waals surface area contributed by atoms with Crippen LogP contribution in [0.25, 0.3) is 5.69 Å². The molecule has 100 valence electrons. The summed E-state index contributed by atoms with van der Waals surface area (Å²) in [6.07, 6.45) is 2.50. The Bertz CT molecular complexity index is 548. The van der Waals surface area contributed by atoms with E-state index in [0.29, 0.717) is 12.6 Å². The van der Waals surface area contributed by atoms with Gasteiger partial charge in [-0.25, -0.2) is 4.68 Å². The van der Waals surface area contributed by atoms with Gasteiger partial charge in [-0.15, -0.1) is 0 Å². The van der Waals surface area contributed by atoms with Gasteiger partial charge in [-0.3, -0.25) is 4.90 Å². The molecule has 5 nitrogen and oxygen atoms in total. The number of nitrogens with zero attached hydrogens (tertiary/aromatic N) is 4. The maximum atomic E-state index is 9.92. The first-order chi connectivity index (χ1) is 9.29. The minimum atomic E-state index is 0.0305. The summed E-state index contributed by atoms with van der Waals surface area (Å²) in [5, 5.41) is 17.8. The van der Waals surface area contributed by atoms with Crippen LogP contribution in [0.2, 0.25) is 0 Å². The van der Waals surface area contributed by atoms with Crippen molar-refractivity contribution in [2.24, 2.45) is 0 Å². The van der Waals surface area contributed by atoms with E-state index in [2.05, 4.69) is 22.1 Å². The van der Waals surface area contributed by atoms with E-state index in [9.17, 15) is 5.11 Å². The van der Waals surface area contributed by atoms with Crippen LogP contribution in [0.15, 0.2) is 30.3 Å². The van der Waals surface area contributed by atoms with Crippen LogP contribution in [0.1, 0.15) is 25.5 Å². The molecule has 19 heavy (non-hydrogen) atoms. The Kier molecular flexibility index (Phi) is 3.21. The van der Waals surface area contributed by atoms with Gasteiger partial charge in [-0.1, -0.05) is 35.4 Å². The van der Waals surface area contributed by atoms with Crippen molar-refractivity contribution in [1.82, 2.24) is 19.9 Å². The third-order valence-electron chi connectivity index (χ3n) is 3.57. The number of rotatable bonds is 5. The van der Waals surface area contributed by atoms with Gasteiger partial charge >= 0.3 is 0 Å². The van der Waals surface area contributed by atoms with Crippen molar-refractivity contribution in [2.45, 2.75) is 32.4 Å². The van der Waals surface area contributed by atoms with Crippen LogP contribution < -0.4 is 0 Å². The highest BCUT2D eigenvalue weighted by atomic mass is 16.3. The molecule has 0 spiro atoms. The fraction of sp³-hybridized carbons (Fsp3) is 0.429. The summed E-state index contributed by atoms with van der Waals surface area (Å²) in [5.74, 6) is 0.0305. The molecule has 1 saturated carbocycles. The molecule has 2 aromatic rings. The summed E-state index contributed by atoms with van der Waals surface area (Å²) in [5.41, 5.74) is 1.69. The zero-order chi connectivity index (χ0) is 13.2. The minimum absolute atomic E-state index is 0.0305. The highest BCUT2D eigenvalue weighted by Crippen LogP contribution is 2.29. The van der Waals surface area contributed by atoms with Crippen LogP contribution in [0.3, 0.4) is 0 Å². The summed E-state index contributed by atoms with van der Waals surface area (Å²) in [7, 11) is 0. The molecular weight excluding hydrogens is 240 g/mol. The second kappa shape index (κ2) is 5.01. The fourth-order valence-electron chi connectivity index (χ4n) is 2.34. The molecule has 3 rings (SSSR count). The Balaban J connectivity index is 1.90. The van der Waals surface area contributed by atoms with Gasteiger partial charge in [0.2, 0.25) is 0 Å². The van der Waals surface area contributed by atoms with Crippen molar-refractivity contribution in [3.05, 3.63) is 36.0 Å². The fourth-order valence-corrected chi connectivity index (χ4v) is 2.34. The van der Waals surface area contributed by atoms with E-state index in [1.165, 1.54) is 12.8 Å². The van der Waals surface area contributed by atoms with Gasteiger partial charge in [-0.05, 0) is 31.5 Å². The molecule has 0 bridgehead atoms. The van der Waals surface area contributed by atoms with Crippen LogP contribution in [0, 0.1) is 0 Å². The largest absolute Gasteiger partial charge is 0.491 e. The molecule has 1 fully saturated rings. The van der Waals surface area contributed by atoms with Crippen molar-refractivity contribution in [1.29, 1.82) is 0 Å². The Morgan fingerprint density at radius 1 is 1.32 bits per heavy atom. The number of benzene rings is 1. The summed E-state index contributed by atoms with van der Waals surface area (Å²) in [6.45, 7) is 3.81. The van der Waals surface area contributed by atoms with Crippen molar-refractivity contribution in [2.75, 3.05) is 6.54 Å². The summed E-state index contributed by atoms with van der Waals surface area (Å²) < 4.78 is 1.72. The van der Waals surface area contributed by atoms with Crippen molar-refractivity contribution < 1.29 is 5.11 Å². The van der Waals surface area contributed by atoms with Gasteiger partial charge in [0.15, 0.2) is 0 Å². The molecule has 0 unspecified atom stereocenters. The van der Waals surface area contributed by atoms with E-state index < -0.39 is 0 Å². The summed E-state index contributed by atoms with van der Waals surface area (Å²) in [6, 6.07) is 10.5. The lowest BCUT2D eigenvalue weighted by Crippen LogP contribution is -2.26. The number of para-hydroxylation sites is 1. The number of hydrogen-bond donors (Lipinski definition) is 1. The number of aromatic hydroxyl groups is 1. The first kappa shape index (κ1) is 12.2. The lowest BCUT2D eigenvalue weighted by molar-refractivity contribution is 0.259. The van der Waals surface area contributed by atoms with Gasteiger partial charge in [0.25, 0.3) is 5.88 Å². The zero-order valence-electron chi connectivity index (χ0n) is 11.0. The van der Waals surface area contributed by atoms with Crippen molar-refractivity contribution in [3.63, 3.8) is 0 Å². The predicted octanol–water partition coefficient (Wildman–Crippen LogP) is 1.96. The van der Waals surface area contributed by atoms with Crippen LogP contribution in [-0.2, 0) is 6.54 Å². The van der Waals surface area contributed by atoms with E-state index in [1.54, 1.807) is 4.68 Å². The molecule has 1 aromatic carbocycles. The molecule has 5 heteroatoms. The van der Waals surface area contributed by atoms with Gasteiger partial charge in [0.05, 0.1) is 5.69 Å². The SMILES string of the molecule is CCN(Cc1c(O)nnn1-c1ccccc1)C1CC1. The predicted molar refractivity (Wildman–Crippen MR) is 72.1 cm³/mol. The van der Waals surface area contributed by atoms with E-state index in [0.717, 1.165) is 17.9 Å². The highest BCUT2D eigenvalue weighted by molar-refractivity contribution is 5.34. The zero-order valence-corrected chi connectivity index (χ0v) is 11.0. The van der Waals surface area contributed by atoms with E-state index in [1.807, 2.05) is 30.3 Å². The molecule has 0 saturated heterocycles. The molecule has 1 aliphatic carbocycles. The molecular formula is C14H18N4O. The monoisotopic (exact) mass is 258 g/mol. The van der Waals surface area contributed by atoms with Gasteiger partial charge in [-0.2, -0.15) is 0 Å². The van der Waals surface area contributed by atoms with Crippen LogP contribution in [0.5, 0.6) is 5.88 Å². The first-order valence-electron chi connectivity index (χ1n) is 6.72. The smallest absolute Gasteiger partial charge is 0.256 e. The third-order valence-corrected chi connectivity index (χ3v) is 3.57. The maximum absolute atomic E-state index is 9.92. The Labute approximate surface area is 112 Å². The van der Waals surface area contributed by atoms with Gasteiger partial charge in [0, 0.05) is 12.6 Å². The molecule has 0 atom stereocenters. The number of aromatic nitrogens is 3. The molecule has 1 N–H and O–H groups in total.